The summed E-state index contributed by atoms with van der Waals surface area (Å²) in [6, 6.07) is 8.20. The van der Waals surface area contributed by atoms with E-state index in [9.17, 15) is 13.6 Å². The van der Waals surface area contributed by atoms with Crippen molar-refractivity contribution < 1.29 is 23.4 Å². The number of rotatable bonds is 6. The Bertz CT molecular complexity index is 474. The van der Waals surface area contributed by atoms with Gasteiger partial charge in [-0.1, -0.05) is 12.1 Å². The first-order chi connectivity index (χ1) is 9.04. The van der Waals surface area contributed by atoms with E-state index in [0.717, 1.165) is 0 Å². The third-order valence-electron chi connectivity index (χ3n) is 2.17. The molecule has 7 heteroatoms. The van der Waals surface area contributed by atoms with Crippen molar-refractivity contribution in [2.45, 2.75) is 12.5 Å². The second-order valence-corrected chi connectivity index (χ2v) is 3.60. The molecule has 0 spiro atoms. The van der Waals surface area contributed by atoms with Gasteiger partial charge in [0.25, 0.3) is 12.3 Å². The fraction of sp³-hybridized carbons (Fsp3) is 0.333. The van der Waals surface area contributed by atoms with Crippen molar-refractivity contribution in [1.82, 2.24) is 5.32 Å². The van der Waals surface area contributed by atoms with Crippen LogP contribution < -0.4 is 10.1 Å². The van der Waals surface area contributed by atoms with Gasteiger partial charge in [0.2, 0.25) is 0 Å². The van der Waals surface area contributed by atoms with Crippen LogP contribution in [-0.4, -0.2) is 36.7 Å². The molecule has 0 aliphatic heterocycles. The minimum Gasteiger partial charge on any atom is -0.482 e. The predicted molar refractivity (Wildman–Crippen MR) is 61.7 cm³/mol. The largest absolute Gasteiger partial charge is 0.482 e. The Balaban J connectivity index is 2.40. The van der Waals surface area contributed by atoms with Gasteiger partial charge in [-0.05, 0) is 12.1 Å². The number of para-hydroxylation sites is 1. The highest BCUT2D eigenvalue weighted by molar-refractivity contribution is 5.77. The molecule has 1 aromatic carbocycles. The lowest BCUT2D eigenvalue weighted by Crippen LogP contribution is -2.38. The molecule has 102 valence electrons. The molecule has 0 bridgehead atoms. The van der Waals surface area contributed by atoms with Crippen molar-refractivity contribution in [3.63, 3.8) is 0 Å². The van der Waals surface area contributed by atoms with E-state index in [4.69, 9.17) is 15.1 Å². The number of amides is 1. The maximum atomic E-state index is 12.0. The van der Waals surface area contributed by atoms with Gasteiger partial charge in [0.15, 0.2) is 6.61 Å². The topological polar surface area (TPSA) is 82.3 Å². The van der Waals surface area contributed by atoms with Gasteiger partial charge >= 0.3 is 0 Å². The first kappa shape index (κ1) is 14.9. The molecule has 0 aliphatic rings. The Labute approximate surface area is 108 Å². The van der Waals surface area contributed by atoms with E-state index < -0.39 is 31.6 Å². The van der Waals surface area contributed by atoms with E-state index in [1.165, 1.54) is 12.1 Å². The second kappa shape index (κ2) is 7.28. The monoisotopic (exact) mass is 270 g/mol. The molecule has 0 aliphatic carbocycles. The number of aliphatic hydroxyl groups excluding tert-OH is 1. The molecule has 0 radical (unpaired) electrons. The van der Waals surface area contributed by atoms with Gasteiger partial charge in [-0.15, -0.1) is 0 Å². The van der Waals surface area contributed by atoms with E-state index in [0.29, 0.717) is 0 Å². The van der Waals surface area contributed by atoms with Crippen LogP contribution in [-0.2, 0) is 4.79 Å². The summed E-state index contributed by atoms with van der Waals surface area (Å²) in [5.74, 6) is -0.429. The summed E-state index contributed by atoms with van der Waals surface area (Å²) in [6.45, 7) is -0.978. The maximum absolute atomic E-state index is 12.0. The smallest absolute Gasteiger partial charge is 0.265 e. The van der Waals surface area contributed by atoms with Gasteiger partial charge in [0, 0.05) is 6.54 Å². The van der Waals surface area contributed by atoms with E-state index >= 15 is 0 Å². The van der Waals surface area contributed by atoms with Crippen LogP contribution in [0.15, 0.2) is 24.3 Å². The highest BCUT2D eigenvalue weighted by Gasteiger charge is 2.17. The molecular weight excluding hydrogens is 258 g/mol. The van der Waals surface area contributed by atoms with Crippen molar-refractivity contribution in [2.75, 3.05) is 13.2 Å². The highest BCUT2D eigenvalue weighted by Crippen LogP contribution is 2.16. The maximum Gasteiger partial charge on any atom is 0.265 e. The molecule has 1 rings (SSSR count). The van der Waals surface area contributed by atoms with Crippen LogP contribution in [0.5, 0.6) is 5.75 Å². The molecule has 0 saturated carbocycles. The van der Waals surface area contributed by atoms with Gasteiger partial charge in [0.05, 0.1) is 5.56 Å². The van der Waals surface area contributed by atoms with Gasteiger partial charge in [-0.25, -0.2) is 8.78 Å². The summed E-state index contributed by atoms with van der Waals surface area (Å²) >= 11 is 0. The Morgan fingerprint density at radius 1 is 1.47 bits per heavy atom. The molecule has 0 aromatic heterocycles. The van der Waals surface area contributed by atoms with Gasteiger partial charge in [-0.3, -0.25) is 4.79 Å². The molecule has 1 aromatic rings. The molecular formula is C12H12F2N2O3. The Kier molecular flexibility index (Phi) is 5.70. The van der Waals surface area contributed by atoms with Crippen LogP contribution in [0.4, 0.5) is 8.78 Å². The number of halogens is 2. The normalized spacial score (nSPS) is 11.7. The Hall–Kier alpha value is -2.20. The number of hydrogen-bond donors (Lipinski definition) is 2. The molecule has 1 amide bonds. The zero-order chi connectivity index (χ0) is 14.3. The van der Waals surface area contributed by atoms with Crippen LogP contribution in [0.1, 0.15) is 5.56 Å². The van der Waals surface area contributed by atoms with Crippen LogP contribution in [0.2, 0.25) is 0 Å². The van der Waals surface area contributed by atoms with Gasteiger partial charge in [0.1, 0.15) is 17.9 Å². The summed E-state index contributed by atoms with van der Waals surface area (Å²) in [5.41, 5.74) is 0.267. The summed E-state index contributed by atoms with van der Waals surface area (Å²) in [5, 5.41) is 19.7. The van der Waals surface area contributed by atoms with Crippen molar-refractivity contribution in [3.05, 3.63) is 29.8 Å². The summed E-state index contributed by atoms with van der Waals surface area (Å²) < 4.78 is 29.0. The fourth-order valence-corrected chi connectivity index (χ4v) is 1.19. The summed E-state index contributed by atoms with van der Waals surface area (Å²) in [4.78, 5) is 11.3. The molecule has 19 heavy (non-hydrogen) atoms. The number of alkyl halides is 2. The van der Waals surface area contributed by atoms with Gasteiger partial charge < -0.3 is 15.2 Å². The average molecular weight is 270 g/mol. The van der Waals surface area contributed by atoms with Crippen molar-refractivity contribution in [1.29, 1.82) is 5.26 Å². The fourth-order valence-electron chi connectivity index (χ4n) is 1.19. The number of hydrogen-bond acceptors (Lipinski definition) is 4. The Morgan fingerprint density at radius 3 is 2.79 bits per heavy atom. The van der Waals surface area contributed by atoms with Crippen LogP contribution in [0.25, 0.3) is 0 Å². The molecule has 1 unspecified atom stereocenters. The van der Waals surface area contributed by atoms with E-state index in [1.54, 1.807) is 12.1 Å². The number of ether oxygens (including phenoxy) is 1. The van der Waals surface area contributed by atoms with Crippen molar-refractivity contribution >= 4 is 5.91 Å². The molecule has 2 N–H and O–H groups in total. The SMILES string of the molecule is N#Cc1ccccc1OCC(=O)NCC(O)C(F)F. The van der Waals surface area contributed by atoms with Crippen molar-refractivity contribution in [3.8, 4) is 11.8 Å². The minimum atomic E-state index is -2.92. The predicted octanol–water partition coefficient (Wildman–Crippen LogP) is 0.679. The summed E-state index contributed by atoms with van der Waals surface area (Å²) in [6.07, 6.45) is -4.82. The van der Waals surface area contributed by atoms with Crippen LogP contribution in [0, 0.1) is 11.3 Å². The number of nitriles is 1. The number of carbonyl (C=O) groups is 1. The lowest BCUT2D eigenvalue weighted by molar-refractivity contribution is -0.124. The number of aliphatic hydroxyl groups is 1. The zero-order valence-corrected chi connectivity index (χ0v) is 9.85. The standard InChI is InChI=1S/C12H12F2N2O3/c13-12(14)9(17)6-16-11(18)7-19-10-4-2-1-3-8(10)5-15/h1-4,9,12,17H,6-7H2,(H,16,18). The van der Waals surface area contributed by atoms with Crippen LogP contribution in [0.3, 0.4) is 0 Å². The molecule has 0 fully saturated rings. The molecule has 0 saturated heterocycles. The first-order valence-corrected chi connectivity index (χ1v) is 5.39. The first-order valence-electron chi connectivity index (χ1n) is 5.39. The quantitative estimate of drug-likeness (QED) is 0.796. The Morgan fingerprint density at radius 2 is 2.16 bits per heavy atom. The van der Waals surface area contributed by atoms with Crippen LogP contribution >= 0.6 is 0 Å². The minimum absolute atomic E-state index is 0.231. The van der Waals surface area contributed by atoms with Gasteiger partial charge in [-0.2, -0.15) is 5.26 Å². The van der Waals surface area contributed by atoms with E-state index in [2.05, 4.69) is 5.32 Å². The molecule has 0 heterocycles. The molecule has 5 nitrogen and oxygen atoms in total. The summed E-state index contributed by atoms with van der Waals surface area (Å²) in [7, 11) is 0. The lowest BCUT2D eigenvalue weighted by atomic mass is 10.2. The third kappa shape index (κ3) is 4.89. The highest BCUT2D eigenvalue weighted by atomic mass is 19.3. The zero-order valence-electron chi connectivity index (χ0n) is 9.85. The molecule has 1 atom stereocenters. The van der Waals surface area contributed by atoms with E-state index in [-0.39, 0.29) is 11.3 Å². The second-order valence-electron chi connectivity index (χ2n) is 3.60. The lowest BCUT2D eigenvalue weighted by Gasteiger charge is -2.11. The number of carbonyl (C=O) groups excluding carboxylic acids is 1. The number of nitrogens with one attached hydrogen (secondary N) is 1. The third-order valence-corrected chi connectivity index (χ3v) is 2.17. The van der Waals surface area contributed by atoms with E-state index in [1.807, 2.05) is 6.07 Å². The van der Waals surface area contributed by atoms with Crippen molar-refractivity contribution in [2.24, 2.45) is 0 Å². The number of benzene rings is 1. The number of nitrogens with zero attached hydrogens (tertiary/aromatic N) is 1. The average Bonchev–Trinajstić information content (AvgIpc) is 2.42.